The maximum absolute atomic E-state index is 15.1. The average Bonchev–Trinajstić information content (AvgIpc) is 3.75. The van der Waals surface area contributed by atoms with E-state index in [-0.39, 0.29) is 39.5 Å². The molecule has 11 heteroatoms. The van der Waals surface area contributed by atoms with Crippen molar-refractivity contribution in [2.24, 2.45) is 5.18 Å². The van der Waals surface area contributed by atoms with Crippen LogP contribution >= 0.6 is 11.6 Å². The van der Waals surface area contributed by atoms with Gasteiger partial charge in [0, 0.05) is 32.7 Å². The van der Waals surface area contributed by atoms with E-state index < -0.39 is 5.82 Å². The molecule has 0 radical (unpaired) electrons. The third kappa shape index (κ3) is 3.89. The monoisotopic (exact) mass is 527 g/mol. The number of anilines is 1. The number of amides is 1. The quantitative estimate of drug-likeness (QED) is 0.441. The summed E-state index contributed by atoms with van der Waals surface area (Å²) in [4.78, 5) is 35.2. The first-order chi connectivity index (χ1) is 18.0. The summed E-state index contributed by atoms with van der Waals surface area (Å²) in [6.07, 6.45) is 3.13. The van der Waals surface area contributed by atoms with Gasteiger partial charge in [-0.25, -0.2) is 9.37 Å². The number of piperazine rings is 1. The van der Waals surface area contributed by atoms with Gasteiger partial charge in [-0.3, -0.25) is 9.69 Å². The number of carbonyl (C=O) groups is 1. The lowest BCUT2D eigenvalue weighted by Gasteiger charge is -2.44. The zero-order valence-electron chi connectivity index (χ0n) is 20.3. The summed E-state index contributed by atoms with van der Waals surface area (Å²) in [7, 11) is 0. The number of pyridine rings is 1. The van der Waals surface area contributed by atoms with Crippen LogP contribution in [-0.4, -0.2) is 79.3 Å². The van der Waals surface area contributed by atoms with Crippen molar-refractivity contribution in [1.29, 1.82) is 0 Å². The third-order valence-corrected chi connectivity index (χ3v) is 8.19. The van der Waals surface area contributed by atoms with Crippen LogP contribution in [0.4, 0.5) is 15.9 Å². The van der Waals surface area contributed by atoms with E-state index in [1.165, 1.54) is 24.3 Å². The highest BCUT2D eigenvalue weighted by atomic mass is 35.5. The highest BCUT2D eigenvalue weighted by molar-refractivity contribution is 6.35. The molecule has 0 unspecified atom stereocenters. The maximum Gasteiger partial charge on any atom is 0.246 e. The number of benzene rings is 1. The molecule has 4 heterocycles. The summed E-state index contributed by atoms with van der Waals surface area (Å²) in [5.41, 5.74) is 0.565. The fourth-order valence-corrected chi connectivity index (χ4v) is 6.23. The molecule has 37 heavy (non-hydrogen) atoms. The molecule has 1 aromatic heterocycles. The first-order valence-corrected chi connectivity index (χ1v) is 12.9. The second-order valence-electron chi connectivity index (χ2n) is 9.80. The van der Waals surface area contributed by atoms with E-state index in [9.17, 15) is 9.70 Å². The van der Waals surface area contributed by atoms with E-state index in [1.807, 2.05) is 0 Å². The average molecular weight is 528 g/mol. The first-order valence-electron chi connectivity index (χ1n) is 12.5. The van der Waals surface area contributed by atoms with Crippen molar-refractivity contribution in [2.75, 3.05) is 57.4 Å². The lowest BCUT2D eigenvalue weighted by molar-refractivity contribution is -0.130. The molecule has 1 amide bonds. The van der Waals surface area contributed by atoms with Gasteiger partial charge >= 0.3 is 0 Å². The topological polar surface area (TPSA) is 87.6 Å². The van der Waals surface area contributed by atoms with Gasteiger partial charge in [0.2, 0.25) is 5.91 Å². The Morgan fingerprint density at radius 2 is 2.03 bits per heavy atom. The Labute approximate surface area is 218 Å². The van der Waals surface area contributed by atoms with Crippen LogP contribution in [0.15, 0.2) is 36.0 Å². The molecule has 3 aliphatic heterocycles. The van der Waals surface area contributed by atoms with E-state index in [0.717, 1.165) is 18.4 Å². The zero-order valence-corrected chi connectivity index (χ0v) is 21.0. The summed E-state index contributed by atoms with van der Waals surface area (Å²) < 4.78 is 27.1. The van der Waals surface area contributed by atoms with Crippen molar-refractivity contribution in [2.45, 2.75) is 24.4 Å². The lowest BCUT2D eigenvalue weighted by Crippen LogP contribution is -2.58. The van der Waals surface area contributed by atoms with Crippen molar-refractivity contribution in [1.82, 2.24) is 14.8 Å². The lowest BCUT2D eigenvalue weighted by atomic mass is 9.97. The van der Waals surface area contributed by atoms with E-state index in [4.69, 9.17) is 26.1 Å². The summed E-state index contributed by atoms with van der Waals surface area (Å²) in [5.74, 6) is 0.392. The Balaban J connectivity index is 1.53. The smallest absolute Gasteiger partial charge is 0.246 e. The van der Waals surface area contributed by atoms with Gasteiger partial charge in [0.05, 0.1) is 35.9 Å². The minimum absolute atomic E-state index is 0.0435. The van der Waals surface area contributed by atoms with Gasteiger partial charge in [-0.2, -0.15) is 0 Å². The van der Waals surface area contributed by atoms with Crippen LogP contribution in [0.3, 0.4) is 0 Å². The molecule has 0 N–H and O–H groups in total. The van der Waals surface area contributed by atoms with E-state index in [1.54, 1.807) is 4.90 Å². The largest absolute Gasteiger partial charge is 0.490 e. The summed E-state index contributed by atoms with van der Waals surface area (Å²) in [6, 6.07) is 4.08. The highest BCUT2D eigenvalue weighted by Crippen LogP contribution is 2.61. The van der Waals surface area contributed by atoms with Crippen molar-refractivity contribution in [3.8, 4) is 17.0 Å². The van der Waals surface area contributed by atoms with Crippen LogP contribution in [0.2, 0.25) is 5.02 Å². The predicted molar refractivity (Wildman–Crippen MR) is 137 cm³/mol. The molecule has 0 bridgehead atoms. The first kappa shape index (κ1) is 24.3. The maximum atomic E-state index is 15.1. The van der Waals surface area contributed by atoms with E-state index in [2.05, 4.69) is 21.6 Å². The molecule has 1 atom stereocenters. The predicted octanol–water partition coefficient (Wildman–Crippen LogP) is 3.86. The normalized spacial score (nSPS) is 22.5. The standard InChI is InChI=1S/C26H27ClFN5O4/c1-2-19(34)32-8-9-33-16(14-32)15-37-24-21(26(33)6-7-26)25(31-10-12-36-13-11-31)29-23(22(24)27)20-17(28)4-3-5-18(20)30-35/h2-5,16H,1,6-15H2/t16-/m1/s1. The van der Waals surface area contributed by atoms with E-state index in [0.29, 0.717) is 64.1 Å². The summed E-state index contributed by atoms with van der Waals surface area (Å²) in [6.45, 7) is 8.01. The molecule has 6 rings (SSSR count). The van der Waals surface area contributed by atoms with Crippen LogP contribution in [0.25, 0.3) is 11.3 Å². The van der Waals surface area contributed by atoms with Crippen LogP contribution in [0.1, 0.15) is 18.4 Å². The molecule has 3 fully saturated rings. The van der Waals surface area contributed by atoms with Crippen LogP contribution in [0, 0.1) is 10.7 Å². The van der Waals surface area contributed by atoms with Gasteiger partial charge in [0.15, 0.2) is 0 Å². The summed E-state index contributed by atoms with van der Waals surface area (Å²) in [5, 5.41) is 3.20. The Kier molecular flexibility index (Phi) is 6.13. The Morgan fingerprint density at radius 3 is 2.73 bits per heavy atom. The van der Waals surface area contributed by atoms with Crippen molar-refractivity contribution >= 4 is 29.0 Å². The number of nitroso groups, excluding NO2 is 1. The van der Waals surface area contributed by atoms with Gasteiger partial charge in [-0.05, 0) is 36.2 Å². The van der Waals surface area contributed by atoms with E-state index >= 15 is 4.39 Å². The van der Waals surface area contributed by atoms with Gasteiger partial charge < -0.3 is 19.3 Å². The van der Waals surface area contributed by atoms with Gasteiger partial charge in [0.1, 0.15) is 40.4 Å². The Hall–Kier alpha value is -3.08. The van der Waals surface area contributed by atoms with Crippen LogP contribution < -0.4 is 9.64 Å². The number of morpholine rings is 1. The number of aromatic nitrogens is 1. The highest BCUT2D eigenvalue weighted by Gasteiger charge is 2.58. The van der Waals surface area contributed by atoms with Gasteiger partial charge in [-0.15, -0.1) is 4.91 Å². The number of nitrogens with zero attached hydrogens (tertiary/aromatic N) is 5. The number of halogens is 2. The molecule has 1 aromatic carbocycles. The molecule has 1 saturated carbocycles. The molecule has 1 spiro atoms. The number of fused-ring (bicyclic) bond motifs is 4. The fraction of sp³-hybridized carbons (Fsp3) is 0.462. The minimum Gasteiger partial charge on any atom is -0.490 e. The summed E-state index contributed by atoms with van der Waals surface area (Å²) >= 11 is 6.96. The molecule has 4 aliphatic rings. The number of rotatable bonds is 4. The molecular formula is C26H27ClFN5O4. The molecule has 2 saturated heterocycles. The second-order valence-corrected chi connectivity index (χ2v) is 10.2. The number of ether oxygens (including phenoxy) is 2. The SMILES string of the molecule is C=CC(=O)N1CCN2[C@@H](COc3c(Cl)c(-c4c(F)cccc4N=O)nc(N4CCOCC4)c3C23CC3)C1. The molecular weight excluding hydrogens is 501 g/mol. The number of carbonyl (C=O) groups excluding carboxylic acids is 1. The molecule has 2 aromatic rings. The number of hydrogen-bond acceptors (Lipinski definition) is 8. The second kappa shape index (κ2) is 9.34. The van der Waals surface area contributed by atoms with Crippen molar-refractivity contribution in [3.63, 3.8) is 0 Å². The van der Waals surface area contributed by atoms with Crippen molar-refractivity contribution in [3.05, 3.63) is 52.2 Å². The number of hydrogen-bond donors (Lipinski definition) is 0. The third-order valence-electron chi connectivity index (χ3n) is 7.84. The molecule has 194 valence electrons. The van der Waals surface area contributed by atoms with Crippen LogP contribution in [0.5, 0.6) is 5.75 Å². The van der Waals surface area contributed by atoms with Gasteiger partial charge in [-0.1, -0.05) is 24.2 Å². The zero-order chi connectivity index (χ0) is 25.7. The van der Waals surface area contributed by atoms with Crippen LogP contribution in [-0.2, 0) is 15.1 Å². The minimum atomic E-state index is -0.634. The Morgan fingerprint density at radius 1 is 1.24 bits per heavy atom. The molecule has 9 nitrogen and oxygen atoms in total. The van der Waals surface area contributed by atoms with Crippen molar-refractivity contribution < 1.29 is 18.7 Å². The Bertz CT molecular complexity index is 1280. The van der Waals surface area contributed by atoms with Gasteiger partial charge in [0.25, 0.3) is 0 Å². The molecule has 1 aliphatic carbocycles. The fourth-order valence-electron chi connectivity index (χ4n) is 5.95.